The number of aromatic carboxylic acids is 1. The molecular weight excluding hydrogens is 216 g/mol. The van der Waals surface area contributed by atoms with Gasteiger partial charge in [-0.05, 0) is 26.0 Å². The Labute approximate surface area is 93.6 Å². The van der Waals surface area contributed by atoms with Crippen LogP contribution in [0.1, 0.15) is 29.8 Å². The number of halogens is 1. The van der Waals surface area contributed by atoms with Crippen molar-refractivity contribution in [1.82, 2.24) is 0 Å². The van der Waals surface area contributed by atoms with E-state index in [1.807, 2.05) is 0 Å². The molecule has 0 aliphatic carbocycles. The van der Waals surface area contributed by atoms with Crippen LogP contribution in [0, 0.1) is 0 Å². The van der Waals surface area contributed by atoms with Crippen LogP contribution in [0.5, 0.6) is 0 Å². The fourth-order valence-electron chi connectivity index (χ4n) is 1.42. The smallest absolute Gasteiger partial charge is 0.336 e. The van der Waals surface area contributed by atoms with Crippen LogP contribution in [0.25, 0.3) is 0 Å². The second-order valence-electron chi connectivity index (χ2n) is 3.68. The lowest BCUT2D eigenvalue weighted by atomic mass is 9.93. The molecule has 0 bridgehead atoms. The maximum absolute atomic E-state index is 11.0. The van der Waals surface area contributed by atoms with Crippen molar-refractivity contribution in [2.24, 2.45) is 0 Å². The normalized spacial score (nSPS) is 11.5. The minimum Gasteiger partial charge on any atom is -0.478 e. The average molecular weight is 229 g/mol. The lowest BCUT2D eigenvalue weighted by Gasteiger charge is -2.26. The van der Waals surface area contributed by atoms with Crippen LogP contribution in [-0.2, 0) is 10.3 Å². The van der Waals surface area contributed by atoms with E-state index >= 15 is 0 Å². The van der Waals surface area contributed by atoms with Crippen molar-refractivity contribution < 1.29 is 14.6 Å². The third-order valence-electron chi connectivity index (χ3n) is 2.36. The van der Waals surface area contributed by atoms with Gasteiger partial charge in [-0.25, -0.2) is 4.79 Å². The molecule has 0 spiro atoms. The summed E-state index contributed by atoms with van der Waals surface area (Å²) in [6.07, 6.45) is 0. The van der Waals surface area contributed by atoms with Gasteiger partial charge in [0.25, 0.3) is 0 Å². The van der Waals surface area contributed by atoms with E-state index < -0.39 is 11.6 Å². The summed E-state index contributed by atoms with van der Waals surface area (Å²) in [4.78, 5) is 11.0. The van der Waals surface area contributed by atoms with E-state index in [-0.39, 0.29) is 5.56 Å². The van der Waals surface area contributed by atoms with E-state index in [2.05, 4.69) is 0 Å². The number of carbonyl (C=O) groups is 1. The summed E-state index contributed by atoms with van der Waals surface area (Å²) in [5, 5.41) is 9.44. The molecule has 0 saturated heterocycles. The van der Waals surface area contributed by atoms with Gasteiger partial charge in [0.05, 0.1) is 11.2 Å². The molecule has 0 aromatic heterocycles. The van der Waals surface area contributed by atoms with Crippen molar-refractivity contribution in [2.75, 3.05) is 7.11 Å². The van der Waals surface area contributed by atoms with Crippen molar-refractivity contribution in [3.05, 3.63) is 34.3 Å². The van der Waals surface area contributed by atoms with Crippen LogP contribution >= 0.6 is 11.6 Å². The summed E-state index contributed by atoms with van der Waals surface area (Å²) in [5.41, 5.74) is -0.0393. The number of hydrogen-bond donors (Lipinski definition) is 1. The Morgan fingerprint density at radius 2 is 2.07 bits per heavy atom. The molecule has 0 atom stereocenters. The number of hydrogen-bond acceptors (Lipinski definition) is 2. The Hall–Kier alpha value is -1.06. The zero-order valence-corrected chi connectivity index (χ0v) is 9.63. The highest BCUT2D eigenvalue weighted by molar-refractivity contribution is 6.32. The first kappa shape index (κ1) is 12.0. The van der Waals surface area contributed by atoms with E-state index in [0.29, 0.717) is 10.6 Å². The SMILES string of the molecule is COC(C)(C)c1c(Cl)cccc1C(=O)O. The van der Waals surface area contributed by atoms with Crippen LogP contribution in [0.15, 0.2) is 18.2 Å². The van der Waals surface area contributed by atoms with Gasteiger partial charge < -0.3 is 9.84 Å². The van der Waals surface area contributed by atoms with Gasteiger partial charge in [0.15, 0.2) is 0 Å². The van der Waals surface area contributed by atoms with Crippen LogP contribution < -0.4 is 0 Å². The predicted octanol–water partition coefficient (Wildman–Crippen LogP) is 2.92. The van der Waals surface area contributed by atoms with Gasteiger partial charge in [-0.2, -0.15) is 0 Å². The van der Waals surface area contributed by atoms with Crippen LogP contribution in [0.2, 0.25) is 5.02 Å². The monoisotopic (exact) mass is 228 g/mol. The zero-order valence-electron chi connectivity index (χ0n) is 8.87. The Balaban J connectivity index is 3.44. The number of ether oxygens (including phenoxy) is 1. The summed E-state index contributed by atoms with van der Waals surface area (Å²) < 4.78 is 5.25. The van der Waals surface area contributed by atoms with Gasteiger partial charge in [-0.3, -0.25) is 0 Å². The molecule has 0 saturated carbocycles. The van der Waals surface area contributed by atoms with E-state index in [9.17, 15) is 4.79 Å². The lowest BCUT2D eigenvalue weighted by Crippen LogP contribution is -2.23. The molecule has 0 amide bonds. The summed E-state index contributed by atoms with van der Waals surface area (Å²) >= 11 is 5.99. The van der Waals surface area contributed by atoms with Gasteiger partial charge in [0.2, 0.25) is 0 Å². The molecule has 1 N–H and O–H groups in total. The average Bonchev–Trinajstić information content (AvgIpc) is 2.17. The molecule has 0 aliphatic rings. The number of benzene rings is 1. The molecule has 1 aromatic carbocycles. The summed E-state index contributed by atoms with van der Waals surface area (Å²) in [6.45, 7) is 3.56. The Morgan fingerprint density at radius 3 is 2.53 bits per heavy atom. The van der Waals surface area contributed by atoms with Gasteiger partial charge in [0, 0.05) is 17.7 Å². The molecule has 1 rings (SSSR count). The highest BCUT2D eigenvalue weighted by Crippen LogP contribution is 2.33. The highest BCUT2D eigenvalue weighted by atomic mass is 35.5. The molecule has 0 unspecified atom stereocenters. The first-order valence-corrected chi connectivity index (χ1v) is 4.85. The molecule has 4 heteroatoms. The second-order valence-corrected chi connectivity index (χ2v) is 4.09. The fourth-order valence-corrected chi connectivity index (χ4v) is 1.82. The highest BCUT2D eigenvalue weighted by Gasteiger charge is 2.28. The third-order valence-corrected chi connectivity index (χ3v) is 2.67. The van der Waals surface area contributed by atoms with Gasteiger partial charge in [0.1, 0.15) is 0 Å². The zero-order chi connectivity index (χ0) is 11.6. The molecule has 3 nitrogen and oxygen atoms in total. The van der Waals surface area contributed by atoms with Crippen LogP contribution in [0.4, 0.5) is 0 Å². The minimum atomic E-state index is -1.00. The maximum Gasteiger partial charge on any atom is 0.336 e. The van der Waals surface area contributed by atoms with E-state index in [0.717, 1.165) is 0 Å². The largest absolute Gasteiger partial charge is 0.478 e. The predicted molar refractivity (Wildman–Crippen MR) is 58.4 cm³/mol. The molecule has 0 aliphatic heterocycles. The number of rotatable bonds is 3. The molecule has 0 radical (unpaired) electrons. The van der Waals surface area contributed by atoms with Crippen LogP contribution in [0.3, 0.4) is 0 Å². The summed E-state index contributed by atoms with van der Waals surface area (Å²) in [7, 11) is 1.52. The summed E-state index contributed by atoms with van der Waals surface area (Å²) in [5.74, 6) is -1.00. The second kappa shape index (κ2) is 4.21. The quantitative estimate of drug-likeness (QED) is 0.865. The van der Waals surface area contributed by atoms with E-state index in [1.165, 1.54) is 13.2 Å². The van der Waals surface area contributed by atoms with Gasteiger partial charge in [-0.1, -0.05) is 17.7 Å². The first-order valence-electron chi connectivity index (χ1n) is 4.47. The minimum absolute atomic E-state index is 0.175. The maximum atomic E-state index is 11.0. The molecule has 1 aromatic rings. The fraction of sp³-hybridized carbons (Fsp3) is 0.364. The molecule has 15 heavy (non-hydrogen) atoms. The number of carboxylic acids is 1. The van der Waals surface area contributed by atoms with Crippen molar-refractivity contribution >= 4 is 17.6 Å². The van der Waals surface area contributed by atoms with Gasteiger partial charge in [-0.15, -0.1) is 0 Å². The van der Waals surface area contributed by atoms with Crippen molar-refractivity contribution in [3.63, 3.8) is 0 Å². The van der Waals surface area contributed by atoms with Crippen molar-refractivity contribution in [1.29, 1.82) is 0 Å². The standard InChI is InChI=1S/C11H13ClO3/c1-11(2,15-3)9-7(10(13)14)5-4-6-8(9)12/h4-6H,1-3H3,(H,13,14). The molecule has 82 valence electrons. The Morgan fingerprint density at radius 1 is 1.47 bits per heavy atom. The first-order chi connectivity index (χ1) is 6.90. The molecule has 0 heterocycles. The topological polar surface area (TPSA) is 46.5 Å². The van der Waals surface area contributed by atoms with Crippen molar-refractivity contribution in [2.45, 2.75) is 19.4 Å². The van der Waals surface area contributed by atoms with E-state index in [1.54, 1.807) is 26.0 Å². The van der Waals surface area contributed by atoms with Crippen molar-refractivity contribution in [3.8, 4) is 0 Å². The third kappa shape index (κ3) is 2.30. The Kier molecular flexibility index (Phi) is 3.37. The molecular formula is C11H13ClO3. The Bertz CT molecular complexity index is 385. The molecule has 0 fully saturated rings. The van der Waals surface area contributed by atoms with E-state index in [4.69, 9.17) is 21.4 Å². The van der Waals surface area contributed by atoms with Gasteiger partial charge >= 0.3 is 5.97 Å². The lowest BCUT2D eigenvalue weighted by molar-refractivity contribution is 0.0176. The number of methoxy groups -OCH3 is 1. The summed E-state index contributed by atoms with van der Waals surface area (Å²) in [6, 6.07) is 4.79. The van der Waals surface area contributed by atoms with Crippen LogP contribution in [-0.4, -0.2) is 18.2 Å². The number of carboxylic acid groups (broad SMARTS) is 1.